The normalized spacial score (nSPS) is 27.3. The van der Waals surface area contributed by atoms with Gasteiger partial charge in [-0.25, -0.2) is 19.9 Å². The standard InChI is InChI=1S/C18H29N5O4Si.C12H15N5O6.C12H15N5O5.C10H13N5O5.2CH4O/c1-9-13(28(6,7)18(3,4)5)12(25)16(27-9)23-8-19-11-14(23)21-17(20-10(2)24)22-15(11)26;1-4(19)14-12-15-9-6(10(22)16-12)13-3-17(9)11-8(21)7(20)5(2-18)23-11;1-4-7(19)8(20)11(22-4)17-3-13-6-9(17)15-12(14-5(2)18)16-10(6)21;11-10-13-7-4(8(19)14-10)12-2-15(7)9-6(18)5(17)3(1-16)20-9;2*1-2/h8-9,12-13,16,25H,1-7H3,(H2,20,21,22,24,26);3,5,7-8,11,18,20-21H,2H2,1H3,(H2,14,15,16,19,22);3-4,7-8,11,19-20H,1-2H3,(H2,14,15,16,18,21);2-3,5-6,9,16-18H,1H2,(H3,11,13,14,19);2*2H,1H3/t9-,12+,13?,16-;5-,7?,8+,11-;4-,7?,8+,11-;3-,5?,6+,9-;;/m1111../s1/i1D;;1D;;2*2T. The van der Waals surface area contributed by atoms with Gasteiger partial charge in [0.25, 0.3) is 22.2 Å². The highest BCUT2D eigenvalue weighted by atomic mass is 28.3. The number of anilines is 4. The van der Waals surface area contributed by atoms with Gasteiger partial charge in [-0.15, -0.1) is 0 Å². The van der Waals surface area contributed by atoms with Crippen LogP contribution >= 0.6 is 0 Å². The van der Waals surface area contributed by atoms with Gasteiger partial charge < -0.3 is 80.9 Å². The first-order chi connectivity index (χ1) is 47.6. The molecule has 42 nitrogen and oxygen atoms in total. The number of aromatic nitrogens is 16. The minimum atomic E-state index is -2.06. The summed E-state index contributed by atoms with van der Waals surface area (Å²) >= 11 is 0. The van der Waals surface area contributed by atoms with Gasteiger partial charge in [0.1, 0.15) is 54.9 Å². The summed E-state index contributed by atoms with van der Waals surface area (Å²) in [5, 5.41) is 103. The maximum absolute atomic E-state index is 12.3. The van der Waals surface area contributed by atoms with Gasteiger partial charge in [-0.1, -0.05) is 33.9 Å². The third-order valence-corrected chi connectivity index (χ3v) is 22.5. The van der Waals surface area contributed by atoms with Crippen molar-refractivity contribution in [2.45, 2.75) is 171 Å². The molecule has 4 fully saturated rings. The Hall–Kier alpha value is -8.77. The predicted molar refractivity (Wildman–Crippen MR) is 340 cm³/mol. The fraction of sp³-hybridized carbons (Fsp3) is 0.574. The molecule has 532 valence electrons. The van der Waals surface area contributed by atoms with E-state index in [0.717, 1.165) is 0 Å². The average Bonchev–Trinajstić information content (AvgIpc) is 1.62. The lowest BCUT2D eigenvalue weighted by Gasteiger charge is -2.44. The molecular formula is C54H80N20O22Si. The van der Waals surface area contributed by atoms with Crippen molar-refractivity contribution in [3.8, 4) is 0 Å². The molecule has 4 unspecified atom stereocenters. The van der Waals surface area contributed by atoms with E-state index in [0.29, 0.717) is 0 Å². The summed E-state index contributed by atoms with van der Waals surface area (Å²) in [7, 11) is 0.525. The first-order valence-corrected chi connectivity index (χ1v) is 32.3. The number of carbonyl (C=O) groups excluding carboxylic acids is 3. The Balaban J connectivity index is 0.000000185. The molecule has 0 saturated carbocycles. The van der Waals surface area contributed by atoms with Crippen molar-refractivity contribution in [2.24, 2.45) is 0 Å². The second-order valence-electron chi connectivity index (χ2n) is 23.6. The number of amides is 3. The molecule has 20 N–H and O–H groups in total. The lowest BCUT2D eigenvalue weighted by molar-refractivity contribution is -0.115. The highest BCUT2D eigenvalue weighted by Crippen LogP contribution is 2.53. The number of aromatic amines is 4. The molecule has 16 atom stereocenters. The lowest BCUT2D eigenvalue weighted by atomic mass is 10.1. The number of H-pyrrole nitrogens is 4. The Morgan fingerprint density at radius 3 is 1.13 bits per heavy atom. The predicted octanol–water partition coefficient (Wildman–Crippen LogP) is -4.83. The highest BCUT2D eigenvalue weighted by molar-refractivity contribution is 6.81. The second kappa shape index (κ2) is 30.7. The summed E-state index contributed by atoms with van der Waals surface area (Å²) in [4.78, 5) is 123. The molecule has 0 aliphatic carbocycles. The number of ether oxygens (including phenoxy) is 4. The Kier molecular flexibility index (Phi) is 22.1. The highest BCUT2D eigenvalue weighted by Gasteiger charge is 2.55. The van der Waals surface area contributed by atoms with Crippen molar-refractivity contribution in [1.82, 2.24) is 78.1 Å². The molecule has 8 aromatic heterocycles. The van der Waals surface area contributed by atoms with Crippen molar-refractivity contribution < 1.29 is 92.2 Å². The van der Waals surface area contributed by atoms with Gasteiger partial charge in [0.15, 0.2) is 69.6 Å². The summed E-state index contributed by atoms with van der Waals surface area (Å²) in [6.07, 6.45) is -10.5. The fourth-order valence-electron chi connectivity index (χ4n) is 10.7. The Morgan fingerprint density at radius 1 is 0.536 bits per heavy atom. The van der Waals surface area contributed by atoms with Crippen LogP contribution in [0.1, 0.15) is 83.0 Å². The van der Waals surface area contributed by atoms with E-state index >= 15 is 0 Å². The van der Waals surface area contributed by atoms with Gasteiger partial charge in [0, 0.05) is 43.3 Å². The van der Waals surface area contributed by atoms with Gasteiger partial charge in [-0.05, 0) is 18.8 Å². The van der Waals surface area contributed by atoms with E-state index in [-0.39, 0.29) is 98.7 Å². The molecule has 4 aliphatic rings. The zero-order valence-electron chi connectivity index (χ0n) is 57.7. The Morgan fingerprint density at radius 2 is 0.835 bits per heavy atom. The first-order valence-electron chi connectivity index (χ1n) is 31.4. The molecule has 4 saturated heterocycles. The molecule has 0 radical (unpaired) electrons. The Labute approximate surface area is 553 Å². The summed E-state index contributed by atoms with van der Waals surface area (Å²) < 4.78 is 54.4. The van der Waals surface area contributed by atoms with E-state index in [1.807, 2.05) is 0 Å². The molecule has 97 heavy (non-hydrogen) atoms. The van der Waals surface area contributed by atoms with E-state index in [1.54, 1.807) is 0 Å². The number of hydrogen-bond donors (Lipinski definition) is 19. The molecule has 8 aromatic rings. The third-order valence-electron chi connectivity index (χ3n) is 16.2. The van der Waals surface area contributed by atoms with Crippen LogP contribution < -0.4 is 43.9 Å². The number of nitrogen functional groups attached to an aromatic ring is 1. The van der Waals surface area contributed by atoms with Crippen LogP contribution in [-0.4, -0.2) is 257 Å². The van der Waals surface area contributed by atoms with Crippen LogP contribution in [0.4, 0.5) is 23.8 Å². The van der Waals surface area contributed by atoms with Gasteiger partial charge in [0.05, 0.1) is 58.8 Å². The van der Waals surface area contributed by atoms with Crippen LogP contribution in [0.15, 0.2) is 44.5 Å². The molecule has 43 heteroatoms. The second-order valence-corrected chi connectivity index (χ2v) is 29.2. The maximum atomic E-state index is 12.3. The number of nitrogens with one attached hydrogen (secondary N) is 7. The van der Waals surface area contributed by atoms with Crippen LogP contribution in [-0.2, 0) is 33.3 Å². The summed E-state index contributed by atoms with van der Waals surface area (Å²) in [6, 6.07) is 0. The molecule has 0 spiro atoms. The molecule has 12 heterocycles. The largest absolute Gasteiger partial charge is 0.400 e. The van der Waals surface area contributed by atoms with Gasteiger partial charge in [-0.2, -0.15) is 19.9 Å². The first kappa shape index (κ1) is 69.6. The van der Waals surface area contributed by atoms with E-state index in [1.165, 1.54) is 78.6 Å². The van der Waals surface area contributed by atoms with Crippen molar-refractivity contribution in [3.63, 3.8) is 0 Å². The molecule has 12 rings (SSSR count). The number of fused-ring (bicyclic) bond motifs is 4. The summed E-state index contributed by atoms with van der Waals surface area (Å²) in [6.45, 7) is 13.6. The number of aliphatic hydroxyl groups excluding tert-OH is 11. The number of rotatable bonds is 10. The number of carbonyl (C=O) groups is 3. The number of nitrogens with zero attached hydrogens (tertiary/aromatic N) is 12. The summed E-state index contributed by atoms with van der Waals surface area (Å²) in [5.41, 5.74) is 3.73. The van der Waals surface area contributed by atoms with Gasteiger partial charge in [0.2, 0.25) is 44.4 Å². The van der Waals surface area contributed by atoms with E-state index < -0.39 is 147 Å². The topological polar surface area (TPSA) is 627 Å². The van der Waals surface area contributed by atoms with Crippen molar-refractivity contribution >= 4 is 94.2 Å². The molecule has 0 aromatic carbocycles. The van der Waals surface area contributed by atoms with Gasteiger partial charge >= 0.3 is 0 Å². The maximum Gasteiger partial charge on any atom is 0.280 e. The third kappa shape index (κ3) is 15.5. The quantitative estimate of drug-likeness (QED) is 0.0571. The van der Waals surface area contributed by atoms with Crippen molar-refractivity contribution in [1.29, 1.82) is 2.86 Å². The number of nitrogens with two attached hydrogens (primary N) is 1. The summed E-state index contributed by atoms with van der Waals surface area (Å²) in [5.74, 6) is -1.46. The number of imidazole rings is 4. The van der Waals surface area contributed by atoms with Crippen LogP contribution in [0, 0.1) is 0 Å². The van der Waals surface area contributed by atoms with E-state index in [9.17, 15) is 69.3 Å². The van der Waals surface area contributed by atoms with Crippen molar-refractivity contribution in [2.75, 3.05) is 49.1 Å². The van der Waals surface area contributed by atoms with E-state index in [2.05, 4.69) is 120 Å². The Bertz CT molecular complexity index is 4300. The van der Waals surface area contributed by atoms with Gasteiger partial charge in [-0.3, -0.25) is 87.7 Å². The monoisotopic (exact) mass is 1390 g/mol. The molecular weight excluding hydrogens is 1310 g/mol. The van der Waals surface area contributed by atoms with Crippen LogP contribution in [0.2, 0.25) is 23.7 Å². The minimum absolute atomic E-state index is 0.00119. The lowest BCUT2D eigenvalue weighted by Crippen LogP contribution is -2.48. The zero-order chi connectivity index (χ0) is 75.0. The molecule has 3 amide bonds. The average molecular weight is 1400 g/mol. The minimum Gasteiger partial charge on any atom is -0.400 e. The number of aliphatic hydroxyl groups is 11. The van der Waals surface area contributed by atoms with E-state index in [4.69, 9.17) is 40.5 Å². The smallest absolute Gasteiger partial charge is 0.280 e. The van der Waals surface area contributed by atoms with Crippen LogP contribution in [0.25, 0.3) is 44.7 Å². The fourth-order valence-corrected chi connectivity index (χ4v) is 13.7. The number of hydrogen-bond acceptors (Lipinski definition) is 31. The zero-order valence-corrected chi connectivity index (χ0v) is 54.7. The molecule has 0 bridgehead atoms. The van der Waals surface area contributed by atoms with Crippen LogP contribution in [0.3, 0.4) is 0 Å². The molecule has 4 aliphatic heterocycles. The van der Waals surface area contributed by atoms with Crippen LogP contribution in [0.5, 0.6) is 0 Å². The SMILES string of the molecule is CC(=O)Nc1nc2c(ncn2[C@@H]2O[C@H](CO)C(O)[C@@H]2O)c(=O)[nH]1.Nc1nc2c(ncn2[C@@H]2O[C@H](CO)C(O)[C@@H]2O)c(=O)[nH]1.[2H]C[C@H]1O[C@@H](n2cnc3c(=O)[nH]c(NC(C)=O)nc32)[C@@H](O)C1O.[2H]C[C@H]1O[C@@H](n2cnc3c(=O)[nH]c(NC(C)=O)nc32)[C@@H](O)C1[Si](C)(C)C(C)(C)C.[3H]OC.[3H]OC. The van der Waals surface area contributed by atoms with Crippen molar-refractivity contribution in [3.05, 3.63) is 66.7 Å².